The molecule has 2 nitrogen and oxygen atoms in total. The Bertz CT molecular complexity index is 321. The normalized spacial score (nSPS) is 14.9. The molecule has 0 aliphatic heterocycles. The van der Waals surface area contributed by atoms with Crippen LogP contribution in [0.4, 0.5) is 4.39 Å². The summed E-state index contributed by atoms with van der Waals surface area (Å²) in [4.78, 5) is 0. The lowest BCUT2D eigenvalue weighted by Gasteiger charge is -2.24. The lowest BCUT2D eigenvalue weighted by atomic mass is 9.92. The van der Waals surface area contributed by atoms with Crippen LogP contribution in [0.3, 0.4) is 0 Å². The van der Waals surface area contributed by atoms with Gasteiger partial charge in [-0.2, -0.15) is 0 Å². The van der Waals surface area contributed by atoms with Crippen molar-refractivity contribution in [3.63, 3.8) is 0 Å². The van der Waals surface area contributed by atoms with Crippen molar-refractivity contribution < 1.29 is 14.2 Å². The molecule has 0 fully saturated rings. The first-order chi connectivity index (χ1) is 6.51. The molecule has 1 atom stereocenters. The number of halogens is 1. The molecule has 0 aliphatic rings. The Hall–Kier alpha value is -1.09. The molecule has 0 heterocycles. The SMILES string of the molecule is CC[C@@](C)(O)c1cc(F)ccc1OC. The molecule has 0 aromatic heterocycles. The van der Waals surface area contributed by atoms with E-state index in [1.807, 2.05) is 6.92 Å². The first-order valence-corrected chi connectivity index (χ1v) is 4.57. The summed E-state index contributed by atoms with van der Waals surface area (Å²) in [7, 11) is 1.50. The van der Waals surface area contributed by atoms with Crippen molar-refractivity contribution in [2.75, 3.05) is 7.11 Å². The summed E-state index contributed by atoms with van der Waals surface area (Å²) in [5.74, 6) is 0.146. The topological polar surface area (TPSA) is 29.5 Å². The average Bonchev–Trinajstić information content (AvgIpc) is 2.18. The van der Waals surface area contributed by atoms with E-state index in [9.17, 15) is 9.50 Å². The summed E-state index contributed by atoms with van der Waals surface area (Å²) in [6, 6.07) is 4.14. The number of hydrogen-bond acceptors (Lipinski definition) is 2. The summed E-state index contributed by atoms with van der Waals surface area (Å²) in [6.45, 7) is 3.48. The van der Waals surface area contributed by atoms with Crippen molar-refractivity contribution >= 4 is 0 Å². The van der Waals surface area contributed by atoms with Crippen molar-refractivity contribution in [2.24, 2.45) is 0 Å². The van der Waals surface area contributed by atoms with Gasteiger partial charge in [-0.15, -0.1) is 0 Å². The second-order valence-electron chi connectivity index (χ2n) is 3.47. The molecule has 3 heteroatoms. The zero-order valence-electron chi connectivity index (χ0n) is 8.67. The van der Waals surface area contributed by atoms with E-state index in [0.29, 0.717) is 17.7 Å². The largest absolute Gasteiger partial charge is 0.496 e. The predicted octanol–water partition coefficient (Wildman–Crippen LogP) is 2.45. The number of benzene rings is 1. The minimum absolute atomic E-state index is 0.366. The predicted molar refractivity (Wildman–Crippen MR) is 52.8 cm³/mol. The molecule has 0 saturated heterocycles. The van der Waals surface area contributed by atoms with Gasteiger partial charge in [-0.05, 0) is 31.5 Å². The Morgan fingerprint density at radius 2 is 2.14 bits per heavy atom. The van der Waals surface area contributed by atoms with Crippen LogP contribution in [0.2, 0.25) is 0 Å². The third-order valence-electron chi connectivity index (χ3n) is 2.43. The van der Waals surface area contributed by atoms with Crippen LogP contribution < -0.4 is 4.74 Å². The molecule has 0 radical (unpaired) electrons. The molecule has 1 rings (SSSR count). The zero-order chi connectivity index (χ0) is 10.8. The second kappa shape index (κ2) is 3.96. The van der Waals surface area contributed by atoms with E-state index in [2.05, 4.69) is 0 Å². The Morgan fingerprint density at radius 3 is 2.64 bits per heavy atom. The van der Waals surface area contributed by atoms with Gasteiger partial charge in [-0.1, -0.05) is 6.92 Å². The summed E-state index contributed by atoms with van der Waals surface area (Å²) < 4.78 is 18.0. The molecule has 0 bridgehead atoms. The van der Waals surface area contributed by atoms with Gasteiger partial charge in [0.2, 0.25) is 0 Å². The standard InChI is InChI=1S/C11H15FO2/c1-4-11(2,13)9-7-8(12)5-6-10(9)14-3/h5-7,13H,4H2,1-3H3/t11-/m1/s1. The number of ether oxygens (including phenoxy) is 1. The minimum atomic E-state index is -1.05. The fourth-order valence-electron chi connectivity index (χ4n) is 1.29. The van der Waals surface area contributed by atoms with Crippen LogP contribution in [0.25, 0.3) is 0 Å². The Morgan fingerprint density at radius 1 is 1.50 bits per heavy atom. The number of hydrogen-bond donors (Lipinski definition) is 1. The quantitative estimate of drug-likeness (QED) is 0.808. The second-order valence-corrected chi connectivity index (χ2v) is 3.47. The van der Waals surface area contributed by atoms with E-state index in [1.54, 1.807) is 6.92 Å². The van der Waals surface area contributed by atoms with Crippen LogP contribution in [0.1, 0.15) is 25.8 Å². The monoisotopic (exact) mass is 198 g/mol. The fraction of sp³-hybridized carbons (Fsp3) is 0.455. The average molecular weight is 198 g/mol. The summed E-state index contributed by atoms with van der Waals surface area (Å²) in [5, 5.41) is 9.98. The molecule has 0 aliphatic carbocycles. The van der Waals surface area contributed by atoms with Gasteiger partial charge in [0.1, 0.15) is 11.6 Å². The van der Waals surface area contributed by atoms with Gasteiger partial charge in [-0.25, -0.2) is 4.39 Å². The van der Waals surface area contributed by atoms with Crippen molar-refractivity contribution in [1.82, 2.24) is 0 Å². The van der Waals surface area contributed by atoms with Crippen LogP contribution in [0.15, 0.2) is 18.2 Å². The first kappa shape index (κ1) is 11.0. The highest BCUT2D eigenvalue weighted by Gasteiger charge is 2.24. The highest BCUT2D eigenvalue weighted by atomic mass is 19.1. The van der Waals surface area contributed by atoms with Gasteiger partial charge >= 0.3 is 0 Å². The smallest absolute Gasteiger partial charge is 0.125 e. The van der Waals surface area contributed by atoms with Gasteiger partial charge in [0.25, 0.3) is 0 Å². The lowest BCUT2D eigenvalue weighted by Crippen LogP contribution is -2.20. The van der Waals surface area contributed by atoms with Gasteiger partial charge < -0.3 is 9.84 Å². The third-order valence-corrected chi connectivity index (χ3v) is 2.43. The summed E-state index contributed by atoms with van der Waals surface area (Å²) >= 11 is 0. The van der Waals surface area contributed by atoms with Crippen LogP contribution in [0, 0.1) is 5.82 Å². The molecule has 0 unspecified atom stereocenters. The zero-order valence-corrected chi connectivity index (χ0v) is 8.67. The van der Waals surface area contributed by atoms with Crippen molar-refractivity contribution in [2.45, 2.75) is 25.9 Å². The number of rotatable bonds is 3. The first-order valence-electron chi connectivity index (χ1n) is 4.57. The molecular weight excluding hydrogens is 183 g/mol. The Labute approximate surface area is 83.3 Å². The van der Waals surface area contributed by atoms with E-state index in [1.165, 1.54) is 25.3 Å². The maximum absolute atomic E-state index is 13.0. The summed E-state index contributed by atoms with van der Waals surface area (Å²) in [6.07, 6.45) is 0.507. The minimum Gasteiger partial charge on any atom is -0.496 e. The van der Waals surface area contributed by atoms with Gasteiger partial charge in [0.05, 0.1) is 12.7 Å². The van der Waals surface area contributed by atoms with Gasteiger partial charge in [0, 0.05) is 5.56 Å². The molecule has 0 amide bonds. The van der Waals surface area contributed by atoms with E-state index in [0.717, 1.165) is 0 Å². The highest BCUT2D eigenvalue weighted by Crippen LogP contribution is 2.32. The highest BCUT2D eigenvalue weighted by molar-refractivity contribution is 5.38. The van der Waals surface area contributed by atoms with E-state index in [-0.39, 0.29) is 5.82 Å². The molecule has 1 aromatic carbocycles. The molecule has 0 saturated carbocycles. The Kier molecular flexibility index (Phi) is 3.11. The molecule has 1 N–H and O–H groups in total. The lowest BCUT2D eigenvalue weighted by molar-refractivity contribution is 0.0501. The van der Waals surface area contributed by atoms with E-state index in [4.69, 9.17) is 4.74 Å². The number of aliphatic hydroxyl groups is 1. The van der Waals surface area contributed by atoms with E-state index < -0.39 is 5.60 Å². The summed E-state index contributed by atoms with van der Waals surface area (Å²) in [5.41, 5.74) is -0.560. The van der Waals surface area contributed by atoms with Crippen LogP contribution in [-0.2, 0) is 5.60 Å². The van der Waals surface area contributed by atoms with Crippen LogP contribution in [-0.4, -0.2) is 12.2 Å². The maximum Gasteiger partial charge on any atom is 0.125 e. The van der Waals surface area contributed by atoms with Gasteiger partial charge in [0.15, 0.2) is 0 Å². The molecule has 0 spiro atoms. The van der Waals surface area contributed by atoms with Crippen LogP contribution in [0.5, 0.6) is 5.75 Å². The maximum atomic E-state index is 13.0. The molecule has 78 valence electrons. The van der Waals surface area contributed by atoms with Crippen LogP contribution >= 0.6 is 0 Å². The van der Waals surface area contributed by atoms with Crippen molar-refractivity contribution in [3.05, 3.63) is 29.6 Å². The van der Waals surface area contributed by atoms with Crippen molar-refractivity contribution in [1.29, 1.82) is 0 Å². The van der Waals surface area contributed by atoms with Gasteiger partial charge in [-0.3, -0.25) is 0 Å². The number of methoxy groups -OCH3 is 1. The van der Waals surface area contributed by atoms with Crippen molar-refractivity contribution in [3.8, 4) is 5.75 Å². The van der Waals surface area contributed by atoms with E-state index >= 15 is 0 Å². The molecular formula is C11H15FO2. The third kappa shape index (κ3) is 2.04. The molecule has 14 heavy (non-hydrogen) atoms. The molecule has 1 aromatic rings. The Balaban J connectivity index is 3.23. The fourth-order valence-corrected chi connectivity index (χ4v) is 1.29.